The molecule has 2 unspecified atom stereocenters. The molecule has 0 saturated heterocycles. The predicted molar refractivity (Wildman–Crippen MR) is 84.1 cm³/mol. The van der Waals surface area contributed by atoms with Gasteiger partial charge in [-0.3, -0.25) is 14.4 Å². The van der Waals surface area contributed by atoms with Crippen molar-refractivity contribution in [1.82, 2.24) is 10.6 Å². The van der Waals surface area contributed by atoms with Crippen LogP contribution in [0.1, 0.15) is 27.1 Å². The van der Waals surface area contributed by atoms with Crippen LogP contribution in [0.2, 0.25) is 0 Å². The topological polar surface area (TPSA) is 111 Å². The lowest BCUT2D eigenvalue weighted by Crippen LogP contribution is -2.29. The Morgan fingerprint density at radius 3 is 1.96 bits per heavy atom. The molecule has 0 spiro atoms. The number of halogens is 3. The molecule has 1 aliphatic rings. The number of nitrogens with zero attached hydrogens (tertiary/aromatic N) is 1. The molecule has 1 fully saturated rings. The van der Waals surface area contributed by atoms with Crippen LogP contribution < -0.4 is 16.0 Å². The summed E-state index contributed by atoms with van der Waals surface area (Å²) in [6.07, 6.45) is -5.29. The van der Waals surface area contributed by atoms with E-state index in [1.165, 1.54) is 38.4 Å². The fraction of sp³-hybridized carbons (Fsp3) is 0.375. The first-order valence-corrected chi connectivity index (χ1v) is 7.47. The van der Waals surface area contributed by atoms with E-state index in [1.54, 1.807) is 0 Å². The van der Waals surface area contributed by atoms with Crippen molar-refractivity contribution >= 4 is 23.4 Å². The number of hydrogen-bond donors (Lipinski definition) is 3. The standard InChI is InChI=1S/C16H15F3N4O3/c1-21-12(24)8-3-9(13(25)22-2)5-10(4-8)23-14(26)15(7-20)6-11(15)16(17,18)19/h3-5,11H,6H2,1-2H3,(H,21,24)(H,22,25)(H,23,26). The van der Waals surface area contributed by atoms with Crippen molar-refractivity contribution in [3.63, 3.8) is 0 Å². The Morgan fingerprint density at radius 1 is 1.12 bits per heavy atom. The van der Waals surface area contributed by atoms with Crippen LogP contribution in [0.15, 0.2) is 18.2 Å². The lowest BCUT2D eigenvalue weighted by atomic mass is 10.0. The number of anilines is 1. The van der Waals surface area contributed by atoms with Gasteiger partial charge in [0.1, 0.15) is 5.41 Å². The zero-order chi connectivity index (χ0) is 19.7. The first-order chi connectivity index (χ1) is 12.1. The molecule has 2 atom stereocenters. The Labute approximate surface area is 146 Å². The van der Waals surface area contributed by atoms with Crippen LogP contribution in [-0.2, 0) is 4.79 Å². The van der Waals surface area contributed by atoms with Gasteiger partial charge in [0.25, 0.3) is 11.8 Å². The summed E-state index contributed by atoms with van der Waals surface area (Å²) in [4.78, 5) is 35.9. The minimum atomic E-state index is -4.66. The Bertz CT molecular complexity index is 782. The highest BCUT2D eigenvalue weighted by Gasteiger charge is 2.71. The van der Waals surface area contributed by atoms with Gasteiger partial charge in [-0.1, -0.05) is 0 Å². The lowest BCUT2D eigenvalue weighted by Gasteiger charge is -2.14. The first kappa shape index (κ1) is 19.2. The van der Waals surface area contributed by atoms with Crippen LogP contribution in [0.4, 0.5) is 18.9 Å². The fourth-order valence-corrected chi connectivity index (χ4v) is 2.58. The fourth-order valence-electron chi connectivity index (χ4n) is 2.58. The minimum absolute atomic E-state index is 0.0260. The quantitative estimate of drug-likeness (QED) is 0.747. The van der Waals surface area contributed by atoms with Crippen molar-refractivity contribution in [2.24, 2.45) is 11.3 Å². The van der Waals surface area contributed by atoms with E-state index in [0.717, 1.165) is 0 Å². The Balaban J connectivity index is 2.34. The SMILES string of the molecule is CNC(=O)c1cc(NC(=O)C2(C#N)CC2C(F)(F)F)cc(C(=O)NC)c1. The number of carbonyl (C=O) groups excluding carboxylic acids is 3. The number of nitrogens with one attached hydrogen (secondary N) is 3. The molecule has 1 saturated carbocycles. The molecule has 1 aliphatic carbocycles. The van der Waals surface area contributed by atoms with Crippen LogP contribution >= 0.6 is 0 Å². The molecule has 10 heteroatoms. The molecule has 138 valence electrons. The van der Waals surface area contributed by atoms with Crippen molar-refractivity contribution in [3.8, 4) is 6.07 Å². The van der Waals surface area contributed by atoms with Gasteiger partial charge >= 0.3 is 6.18 Å². The smallest absolute Gasteiger partial charge is 0.355 e. The summed E-state index contributed by atoms with van der Waals surface area (Å²) >= 11 is 0. The summed E-state index contributed by atoms with van der Waals surface area (Å²) in [5, 5.41) is 16.0. The molecule has 0 aliphatic heterocycles. The maximum absolute atomic E-state index is 12.8. The summed E-state index contributed by atoms with van der Waals surface area (Å²) in [6, 6.07) is 5.12. The van der Waals surface area contributed by atoms with Gasteiger partial charge in [-0.05, 0) is 24.6 Å². The summed E-state index contributed by atoms with van der Waals surface area (Å²) in [6.45, 7) is 0. The maximum Gasteiger partial charge on any atom is 0.393 e. The number of benzene rings is 1. The van der Waals surface area contributed by atoms with Gasteiger partial charge in [0, 0.05) is 30.9 Å². The monoisotopic (exact) mass is 368 g/mol. The largest absolute Gasteiger partial charge is 0.393 e. The first-order valence-electron chi connectivity index (χ1n) is 7.47. The number of carbonyl (C=O) groups is 3. The number of rotatable bonds is 4. The van der Waals surface area contributed by atoms with Gasteiger partial charge in [0.05, 0.1) is 12.0 Å². The predicted octanol–water partition coefficient (Wildman–Crippen LogP) is 1.44. The van der Waals surface area contributed by atoms with E-state index in [0.29, 0.717) is 0 Å². The molecule has 0 heterocycles. The molecule has 3 amide bonds. The highest BCUT2D eigenvalue weighted by Crippen LogP contribution is 2.60. The van der Waals surface area contributed by atoms with Crippen molar-refractivity contribution in [2.45, 2.75) is 12.6 Å². The third-order valence-corrected chi connectivity index (χ3v) is 4.13. The average Bonchev–Trinajstić information content (AvgIpc) is 3.36. The average molecular weight is 368 g/mol. The molecule has 7 nitrogen and oxygen atoms in total. The van der Waals surface area contributed by atoms with Crippen LogP contribution in [0.5, 0.6) is 0 Å². The zero-order valence-electron chi connectivity index (χ0n) is 13.8. The summed E-state index contributed by atoms with van der Waals surface area (Å²) < 4.78 is 38.4. The lowest BCUT2D eigenvalue weighted by molar-refractivity contribution is -0.157. The van der Waals surface area contributed by atoms with Gasteiger partial charge in [-0.2, -0.15) is 18.4 Å². The number of amides is 3. The molecule has 3 N–H and O–H groups in total. The Kier molecular flexibility index (Phi) is 4.93. The van der Waals surface area contributed by atoms with Gasteiger partial charge < -0.3 is 16.0 Å². The Morgan fingerprint density at radius 2 is 1.62 bits per heavy atom. The van der Waals surface area contributed by atoms with Gasteiger partial charge in [-0.25, -0.2) is 0 Å². The van der Waals surface area contributed by atoms with Crippen LogP contribution in [0.25, 0.3) is 0 Å². The van der Waals surface area contributed by atoms with Gasteiger partial charge in [-0.15, -0.1) is 0 Å². The molecule has 0 radical (unpaired) electrons. The summed E-state index contributed by atoms with van der Waals surface area (Å²) in [7, 11) is 2.71. The third-order valence-electron chi connectivity index (χ3n) is 4.13. The highest BCUT2D eigenvalue weighted by molar-refractivity contribution is 6.04. The zero-order valence-corrected chi connectivity index (χ0v) is 13.8. The van der Waals surface area contributed by atoms with Crippen molar-refractivity contribution < 1.29 is 27.6 Å². The van der Waals surface area contributed by atoms with E-state index in [9.17, 15) is 27.6 Å². The van der Waals surface area contributed by atoms with E-state index < -0.39 is 41.7 Å². The molecule has 2 rings (SSSR count). The molecule has 0 bridgehead atoms. The maximum atomic E-state index is 12.8. The molecule has 0 aromatic heterocycles. The van der Waals surface area contributed by atoms with Crippen LogP contribution in [0.3, 0.4) is 0 Å². The normalized spacial score (nSPS) is 21.3. The van der Waals surface area contributed by atoms with Crippen molar-refractivity contribution in [3.05, 3.63) is 29.3 Å². The van der Waals surface area contributed by atoms with E-state index in [-0.39, 0.29) is 16.8 Å². The molecule has 1 aromatic rings. The molecule has 26 heavy (non-hydrogen) atoms. The summed E-state index contributed by atoms with van der Waals surface area (Å²) in [5.41, 5.74) is -2.21. The van der Waals surface area contributed by atoms with Gasteiger partial charge in [0.15, 0.2) is 0 Å². The molecular formula is C16H15F3N4O3. The van der Waals surface area contributed by atoms with E-state index >= 15 is 0 Å². The number of nitriles is 1. The van der Waals surface area contributed by atoms with E-state index in [2.05, 4.69) is 16.0 Å². The molecule has 1 aromatic carbocycles. The summed E-state index contributed by atoms with van der Waals surface area (Å²) in [5.74, 6) is -4.28. The van der Waals surface area contributed by atoms with E-state index in [4.69, 9.17) is 5.26 Å². The second kappa shape index (κ2) is 6.67. The number of hydrogen-bond acceptors (Lipinski definition) is 4. The second-order valence-corrected chi connectivity index (χ2v) is 5.79. The van der Waals surface area contributed by atoms with Crippen LogP contribution in [0, 0.1) is 22.7 Å². The minimum Gasteiger partial charge on any atom is -0.355 e. The number of alkyl halides is 3. The van der Waals surface area contributed by atoms with Crippen molar-refractivity contribution in [1.29, 1.82) is 5.26 Å². The highest BCUT2D eigenvalue weighted by atomic mass is 19.4. The van der Waals surface area contributed by atoms with E-state index in [1.807, 2.05) is 0 Å². The second-order valence-electron chi connectivity index (χ2n) is 5.79. The van der Waals surface area contributed by atoms with Crippen molar-refractivity contribution in [2.75, 3.05) is 19.4 Å². The van der Waals surface area contributed by atoms with Crippen LogP contribution in [-0.4, -0.2) is 38.0 Å². The van der Waals surface area contributed by atoms with Gasteiger partial charge in [0.2, 0.25) is 5.91 Å². The Hall–Kier alpha value is -3.09. The molecular weight excluding hydrogens is 353 g/mol. The third kappa shape index (κ3) is 3.46.